The van der Waals surface area contributed by atoms with E-state index in [0.717, 1.165) is 6.42 Å². The molecule has 0 heterocycles. The van der Waals surface area contributed by atoms with Crippen LogP contribution in [0.4, 0.5) is 0 Å². The van der Waals surface area contributed by atoms with E-state index in [0.29, 0.717) is 0 Å². The van der Waals surface area contributed by atoms with Crippen LogP contribution in [0.15, 0.2) is 25.0 Å². The van der Waals surface area contributed by atoms with Crippen molar-refractivity contribution < 1.29 is 4.74 Å². The standard InChI is InChI=1S/C34H66O/c1-4-7-9-11-13-14-15-16-17-18-19-20-21-22-23-24-25-27-29-31-33-34(35-6-3)32-30-28-26-12-10-8-5-2/h6,31,33-34H,3-5,7-30,32H2,1-2H3/b33-31+. The van der Waals surface area contributed by atoms with Crippen molar-refractivity contribution in [3.63, 3.8) is 0 Å². The quantitative estimate of drug-likeness (QED) is 0.0552. The lowest BCUT2D eigenvalue weighted by Gasteiger charge is -2.12. The lowest BCUT2D eigenvalue weighted by atomic mass is 10.0. The predicted molar refractivity (Wildman–Crippen MR) is 160 cm³/mol. The molecule has 0 aromatic heterocycles. The molecule has 0 rings (SSSR count). The molecule has 0 aromatic carbocycles. The van der Waals surface area contributed by atoms with Gasteiger partial charge in [-0.05, 0) is 31.8 Å². The van der Waals surface area contributed by atoms with Gasteiger partial charge in [-0.1, -0.05) is 174 Å². The van der Waals surface area contributed by atoms with Crippen molar-refractivity contribution in [1.29, 1.82) is 0 Å². The lowest BCUT2D eigenvalue weighted by molar-refractivity contribution is 0.175. The van der Waals surface area contributed by atoms with Gasteiger partial charge in [0.2, 0.25) is 0 Å². The molecular weight excluding hydrogens is 424 g/mol. The number of hydrogen-bond donors (Lipinski definition) is 0. The molecule has 0 saturated carbocycles. The largest absolute Gasteiger partial charge is 0.495 e. The first-order valence-electron chi connectivity index (χ1n) is 16.3. The Morgan fingerprint density at radius 3 is 1.20 bits per heavy atom. The van der Waals surface area contributed by atoms with E-state index >= 15 is 0 Å². The first-order valence-corrected chi connectivity index (χ1v) is 16.3. The second kappa shape index (κ2) is 31.3. The van der Waals surface area contributed by atoms with Crippen molar-refractivity contribution in [3.05, 3.63) is 25.0 Å². The van der Waals surface area contributed by atoms with E-state index in [1.54, 1.807) is 6.26 Å². The molecule has 0 N–H and O–H groups in total. The summed E-state index contributed by atoms with van der Waals surface area (Å²) >= 11 is 0. The number of hydrogen-bond acceptors (Lipinski definition) is 1. The number of unbranched alkanes of at least 4 members (excludes halogenated alkanes) is 24. The predicted octanol–water partition coefficient (Wildman–Crippen LogP) is 12.6. The molecule has 0 amide bonds. The minimum absolute atomic E-state index is 0.235. The van der Waals surface area contributed by atoms with Gasteiger partial charge >= 0.3 is 0 Å². The smallest absolute Gasteiger partial charge is 0.116 e. The molecule has 0 saturated heterocycles. The molecule has 35 heavy (non-hydrogen) atoms. The summed E-state index contributed by atoms with van der Waals surface area (Å²) in [6, 6.07) is 0. The zero-order valence-electron chi connectivity index (χ0n) is 24.5. The minimum Gasteiger partial charge on any atom is -0.495 e. The first-order chi connectivity index (χ1) is 17.3. The summed E-state index contributed by atoms with van der Waals surface area (Å²) in [7, 11) is 0. The van der Waals surface area contributed by atoms with Crippen LogP contribution in [0.2, 0.25) is 0 Å². The Balaban J connectivity index is 3.37. The number of ether oxygens (including phenoxy) is 1. The van der Waals surface area contributed by atoms with E-state index in [1.807, 2.05) is 0 Å². The maximum absolute atomic E-state index is 5.70. The van der Waals surface area contributed by atoms with E-state index in [-0.39, 0.29) is 6.10 Å². The Morgan fingerprint density at radius 1 is 0.486 bits per heavy atom. The molecule has 1 unspecified atom stereocenters. The van der Waals surface area contributed by atoms with Gasteiger partial charge in [0.15, 0.2) is 0 Å². The Labute approximate surface area is 223 Å². The van der Waals surface area contributed by atoms with Crippen molar-refractivity contribution in [2.45, 2.75) is 193 Å². The summed E-state index contributed by atoms with van der Waals surface area (Å²) in [5, 5.41) is 0. The van der Waals surface area contributed by atoms with Crippen molar-refractivity contribution in [3.8, 4) is 0 Å². The third kappa shape index (κ3) is 29.4. The highest BCUT2D eigenvalue weighted by Crippen LogP contribution is 2.16. The number of rotatable bonds is 30. The molecule has 0 aliphatic rings. The fourth-order valence-electron chi connectivity index (χ4n) is 5.05. The zero-order valence-corrected chi connectivity index (χ0v) is 24.5. The summed E-state index contributed by atoms with van der Waals surface area (Å²) in [6.07, 6.45) is 44.3. The fourth-order valence-corrected chi connectivity index (χ4v) is 5.05. The van der Waals surface area contributed by atoms with E-state index in [9.17, 15) is 0 Å². The normalized spacial score (nSPS) is 12.4. The zero-order chi connectivity index (χ0) is 25.5. The Morgan fingerprint density at radius 2 is 0.829 bits per heavy atom. The van der Waals surface area contributed by atoms with Gasteiger partial charge in [0.1, 0.15) is 6.10 Å². The highest BCUT2D eigenvalue weighted by atomic mass is 16.5. The maximum atomic E-state index is 5.70. The van der Waals surface area contributed by atoms with Gasteiger partial charge in [0.25, 0.3) is 0 Å². The molecule has 0 fully saturated rings. The van der Waals surface area contributed by atoms with Gasteiger partial charge in [-0.15, -0.1) is 0 Å². The van der Waals surface area contributed by atoms with Crippen LogP contribution in [-0.4, -0.2) is 6.10 Å². The van der Waals surface area contributed by atoms with Crippen molar-refractivity contribution in [2.75, 3.05) is 0 Å². The molecule has 0 aromatic rings. The highest BCUT2D eigenvalue weighted by Gasteiger charge is 2.03. The average Bonchev–Trinajstić information content (AvgIpc) is 2.86. The Hall–Kier alpha value is -0.720. The molecule has 0 bridgehead atoms. The number of allylic oxidation sites excluding steroid dienone is 1. The molecule has 0 aliphatic carbocycles. The van der Waals surface area contributed by atoms with Crippen LogP contribution < -0.4 is 0 Å². The van der Waals surface area contributed by atoms with E-state index in [2.05, 4.69) is 32.6 Å². The third-order valence-corrected chi connectivity index (χ3v) is 7.44. The summed E-state index contributed by atoms with van der Waals surface area (Å²) in [5.74, 6) is 0. The molecule has 208 valence electrons. The average molecular weight is 491 g/mol. The van der Waals surface area contributed by atoms with Crippen LogP contribution in [0, 0.1) is 0 Å². The van der Waals surface area contributed by atoms with E-state index < -0.39 is 0 Å². The van der Waals surface area contributed by atoms with Gasteiger partial charge in [0.05, 0.1) is 6.26 Å². The molecule has 0 radical (unpaired) electrons. The van der Waals surface area contributed by atoms with E-state index in [1.165, 1.54) is 167 Å². The van der Waals surface area contributed by atoms with Gasteiger partial charge in [-0.25, -0.2) is 0 Å². The van der Waals surface area contributed by atoms with Crippen molar-refractivity contribution >= 4 is 0 Å². The first kappa shape index (κ1) is 34.3. The topological polar surface area (TPSA) is 9.23 Å². The van der Waals surface area contributed by atoms with Gasteiger partial charge in [-0.3, -0.25) is 0 Å². The SMILES string of the molecule is C=COC(/C=C/CCCCCCCCCCCCCCCCCCCC)CCCCCCCCC. The summed E-state index contributed by atoms with van der Waals surface area (Å²) < 4.78 is 5.70. The Bertz CT molecular complexity index is 413. The third-order valence-electron chi connectivity index (χ3n) is 7.44. The molecular formula is C34H66O. The van der Waals surface area contributed by atoms with E-state index in [4.69, 9.17) is 4.74 Å². The van der Waals surface area contributed by atoms with Crippen LogP contribution in [0.3, 0.4) is 0 Å². The van der Waals surface area contributed by atoms with Crippen molar-refractivity contribution in [1.82, 2.24) is 0 Å². The van der Waals surface area contributed by atoms with Crippen LogP contribution in [0.5, 0.6) is 0 Å². The molecule has 1 nitrogen and oxygen atoms in total. The second-order valence-electron chi connectivity index (χ2n) is 11.0. The summed E-state index contributed by atoms with van der Waals surface area (Å²) in [6.45, 7) is 8.34. The molecule has 1 atom stereocenters. The highest BCUT2D eigenvalue weighted by molar-refractivity contribution is 4.90. The van der Waals surface area contributed by atoms with Gasteiger partial charge in [0, 0.05) is 0 Å². The van der Waals surface area contributed by atoms with Gasteiger partial charge < -0.3 is 4.74 Å². The van der Waals surface area contributed by atoms with Crippen LogP contribution >= 0.6 is 0 Å². The summed E-state index contributed by atoms with van der Waals surface area (Å²) in [4.78, 5) is 0. The molecule has 0 aliphatic heterocycles. The Kier molecular flexibility index (Phi) is 30.7. The summed E-state index contributed by atoms with van der Waals surface area (Å²) in [5.41, 5.74) is 0. The van der Waals surface area contributed by atoms with Crippen LogP contribution in [0.1, 0.15) is 187 Å². The van der Waals surface area contributed by atoms with Crippen LogP contribution in [-0.2, 0) is 4.74 Å². The minimum atomic E-state index is 0.235. The molecule has 0 spiro atoms. The molecule has 1 heteroatoms. The monoisotopic (exact) mass is 491 g/mol. The lowest BCUT2D eigenvalue weighted by Crippen LogP contribution is -2.05. The van der Waals surface area contributed by atoms with Crippen LogP contribution in [0.25, 0.3) is 0 Å². The second-order valence-corrected chi connectivity index (χ2v) is 11.0. The van der Waals surface area contributed by atoms with Gasteiger partial charge in [-0.2, -0.15) is 0 Å². The fraction of sp³-hybridized carbons (Fsp3) is 0.882. The van der Waals surface area contributed by atoms with Crippen molar-refractivity contribution in [2.24, 2.45) is 0 Å². The maximum Gasteiger partial charge on any atom is 0.116 e.